The highest BCUT2D eigenvalue weighted by molar-refractivity contribution is 14.1. The Labute approximate surface area is 130 Å². The summed E-state index contributed by atoms with van der Waals surface area (Å²) in [7, 11) is 0. The first kappa shape index (κ1) is 14.8. The zero-order chi connectivity index (χ0) is 15.4. The van der Waals surface area contributed by atoms with Crippen LogP contribution in [0.25, 0.3) is 11.2 Å². The standard InChI is InChI=1S/C10H11FIN5O4/c11-9(20)6(19)4(1-18)21-10(9,12)17-3-16-5-7(13)14-2-15-8(5)17/h2-4,6,18-20H,1H2,(H2,13,14,15)/t4-,6-,9-,10+/m1/s1. The number of aliphatic hydroxyl groups is 3. The molecule has 0 unspecified atom stereocenters. The largest absolute Gasteiger partial charge is 0.394 e. The molecule has 0 bridgehead atoms. The van der Waals surface area contributed by atoms with Gasteiger partial charge in [-0.25, -0.2) is 19.3 Å². The summed E-state index contributed by atoms with van der Waals surface area (Å²) < 4.78 is 19.0. The third-order valence-corrected chi connectivity index (χ3v) is 4.87. The number of nitrogens with zero attached hydrogens (tertiary/aromatic N) is 4. The summed E-state index contributed by atoms with van der Waals surface area (Å²) in [5.74, 6) is -3.09. The number of ether oxygens (including phenoxy) is 1. The molecule has 2 aromatic heterocycles. The zero-order valence-corrected chi connectivity index (χ0v) is 12.5. The Morgan fingerprint density at radius 1 is 1.48 bits per heavy atom. The summed E-state index contributed by atoms with van der Waals surface area (Å²) in [4.78, 5) is 11.6. The van der Waals surface area contributed by atoms with Crippen LogP contribution in [-0.2, 0) is 8.47 Å². The predicted octanol–water partition coefficient (Wildman–Crippen LogP) is -1.14. The van der Waals surface area contributed by atoms with Crippen molar-refractivity contribution < 1.29 is 24.4 Å². The van der Waals surface area contributed by atoms with Crippen molar-refractivity contribution in [1.82, 2.24) is 19.5 Å². The SMILES string of the molecule is Nc1ncnc2c1ncn2[C@]1(I)O[C@H](CO)[C@@H](O)[C@]1(O)F. The monoisotopic (exact) mass is 411 g/mol. The van der Waals surface area contributed by atoms with Gasteiger partial charge in [-0.2, -0.15) is 0 Å². The van der Waals surface area contributed by atoms with Crippen LogP contribution >= 0.6 is 22.6 Å². The lowest BCUT2D eigenvalue weighted by Gasteiger charge is -2.31. The summed E-state index contributed by atoms with van der Waals surface area (Å²) in [6.45, 7) is -0.665. The number of imidazole rings is 1. The van der Waals surface area contributed by atoms with E-state index in [4.69, 9.17) is 15.6 Å². The molecule has 5 N–H and O–H groups in total. The fourth-order valence-electron chi connectivity index (χ4n) is 2.20. The van der Waals surface area contributed by atoms with E-state index in [0.29, 0.717) is 0 Å². The van der Waals surface area contributed by atoms with Gasteiger partial charge in [0.1, 0.15) is 30.4 Å². The summed E-state index contributed by atoms with van der Waals surface area (Å²) in [5.41, 5.74) is 5.97. The first-order valence-electron chi connectivity index (χ1n) is 5.84. The first-order chi connectivity index (χ1) is 9.83. The van der Waals surface area contributed by atoms with Crippen molar-refractivity contribution in [2.45, 2.75) is 21.8 Å². The van der Waals surface area contributed by atoms with E-state index in [-0.39, 0.29) is 17.0 Å². The number of hydrogen-bond acceptors (Lipinski definition) is 8. The van der Waals surface area contributed by atoms with Gasteiger partial charge in [0.25, 0.3) is 9.59 Å². The van der Waals surface area contributed by atoms with Crippen molar-refractivity contribution in [2.75, 3.05) is 12.3 Å². The van der Waals surface area contributed by atoms with Crippen LogP contribution in [0.4, 0.5) is 10.2 Å². The topological polar surface area (TPSA) is 140 Å². The maximum atomic E-state index is 14.6. The highest BCUT2D eigenvalue weighted by atomic mass is 127. The molecular formula is C10H11FIN5O4. The summed E-state index contributed by atoms with van der Waals surface area (Å²) >= 11 is 1.49. The van der Waals surface area contributed by atoms with Crippen LogP contribution in [0.2, 0.25) is 0 Å². The number of nitrogens with two attached hydrogens (primary N) is 1. The lowest BCUT2D eigenvalue weighted by molar-refractivity contribution is -0.204. The minimum atomic E-state index is -3.17. The van der Waals surface area contributed by atoms with Gasteiger partial charge in [-0.05, 0) is 22.6 Å². The van der Waals surface area contributed by atoms with Crippen LogP contribution in [0.5, 0.6) is 0 Å². The van der Waals surface area contributed by atoms with Crippen LogP contribution in [0.15, 0.2) is 12.7 Å². The van der Waals surface area contributed by atoms with Gasteiger partial charge in [0.15, 0.2) is 11.5 Å². The molecule has 1 aliphatic rings. The van der Waals surface area contributed by atoms with Gasteiger partial charge in [-0.3, -0.25) is 4.57 Å². The number of nitrogen functional groups attached to an aromatic ring is 1. The molecule has 0 radical (unpaired) electrons. The minimum absolute atomic E-state index is 0.0819. The molecule has 1 fully saturated rings. The molecule has 0 spiro atoms. The van der Waals surface area contributed by atoms with Crippen LogP contribution in [0.3, 0.4) is 0 Å². The lowest BCUT2D eigenvalue weighted by Crippen LogP contribution is -2.50. The smallest absolute Gasteiger partial charge is 0.294 e. The van der Waals surface area contributed by atoms with E-state index in [1.165, 1.54) is 28.9 Å². The van der Waals surface area contributed by atoms with E-state index in [0.717, 1.165) is 10.9 Å². The highest BCUT2D eigenvalue weighted by Gasteiger charge is 2.67. The summed E-state index contributed by atoms with van der Waals surface area (Å²) in [6.07, 6.45) is -0.911. The summed E-state index contributed by atoms with van der Waals surface area (Å²) in [5, 5.41) is 28.9. The molecule has 3 rings (SSSR count). The molecule has 4 atom stereocenters. The van der Waals surface area contributed by atoms with Gasteiger partial charge in [-0.15, -0.1) is 0 Å². The van der Waals surface area contributed by atoms with Crippen molar-refractivity contribution in [3.63, 3.8) is 0 Å². The van der Waals surface area contributed by atoms with Crippen molar-refractivity contribution in [1.29, 1.82) is 0 Å². The van der Waals surface area contributed by atoms with E-state index in [9.17, 15) is 14.6 Å². The van der Waals surface area contributed by atoms with Gasteiger partial charge >= 0.3 is 0 Å². The fourth-order valence-corrected chi connectivity index (χ4v) is 3.20. The van der Waals surface area contributed by atoms with Gasteiger partial charge in [0, 0.05) is 0 Å². The number of anilines is 1. The number of aromatic nitrogens is 4. The van der Waals surface area contributed by atoms with Crippen molar-refractivity contribution in [3.8, 4) is 0 Å². The maximum Gasteiger partial charge on any atom is 0.294 e. The van der Waals surface area contributed by atoms with E-state index < -0.39 is 28.4 Å². The van der Waals surface area contributed by atoms with Gasteiger partial charge in [-0.1, -0.05) is 0 Å². The van der Waals surface area contributed by atoms with Crippen molar-refractivity contribution in [3.05, 3.63) is 12.7 Å². The number of fused-ring (bicyclic) bond motifs is 1. The quantitative estimate of drug-likeness (QED) is 0.360. The van der Waals surface area contributed by atoms with Crippen molar-refractivity contribution >= 4 is 39.6 Å². The number of alkyl halides is 2. The van der Waals surface area contributed by atoms with Gasteiger partial charge in [0.2, 0.25) is 0 Å². The third kappa shape index (κ3) is 1.85. The Hall–Kier alpha value is -1.15. The Kier molecular flexibility index (Phi) is 3.29. The van der Waals surface area contributed by atoms with Crippen LogP contribution < -0.4 is 5.73 Å². The Morgan fingerprint density at radius 3 is 2.81 bits per heavy atom. The number of halogens is 2. The average Bonchev–Trinajstić information content (AvgIpc) is 2.95. The Balaban J connectivity index is 2.19. The maximum absolute atomic E-state index is 14.6. The molecule has 0 aliphatic carbocycles. The van der Waals surface area contributed by atoms with Gasteiger partial charge < -0.3 is 25.8 Å². The second-order valence-electron chi connectivity index (χ2n) is 4.56. The average molecular weight is 411 g/mol. The second-order valence-corrected chi connectivity index (χ2v) is 6.03. The molecule has 2 aromatic rings. The zero-order valence-electron chi connectivity index (χ0n) is 10.4. The minimum Gasteiger partial charge on any atom is -0.394 e. The Bertz CT molecular complexity index is 697. The molecule has 1 aliphatic heterocycles. The second kappa shape index (κ2) is 4.67. The van der Waals surface area contributed by atoms with Crippen LogP contribution in [0, 0.1) is 0 Å². The van der Waals surface area contributed by atoms with E-state index in [1.807, 2.05) is 0 Å². The predicted molar refractivity (Wildman–Crippen MR) is 75.8 cm³/mol. The first-order valence-corrected chi connectivity index (χ1v) is 6.91. The molecule has 0 aromatic carbocycles. The summed E-state index contributed by atoms with van der Waals surface area (Å²) in [6, 6.07) is 0. The van der Waals surface area contributed by atoms with E-state index in [2.05, 4.69) is 15.0 Å². The molecule has 21 heavy (non-hydrogen) atoms. The molecule has 114 valence electrons. The number of rotatable bonds is 2. The molecule has 0 amide bonds. The molecule has 0 saturated carbocycles. The van der Waals surface area contributed by atoms with Crippen molar-refractivity contribution in [2.24, 2.45) is 0 Å². The molecule has 9 nitrogen and oxygen atoms in total. The van der Waals surface area contributed by atoms with Crippen LogP contribution in [-0.4, -0.2) is 59.5 Å². The van der Waals surface area contributed by atoms with Crippen LogP contribution in [0.1, 0.15) is 0 Å². The number of hydrogen-bond donors (Lipinski definition) is 4. The number of aliphatic hydroxyl groups excluding tert-OH is 2. The molecule has 1 saturated heterocycles. The molecule has 3 heterocycles. The third-order valence-electron chi connectivity index (χ3n) is 3.34. The molecular weight excluding hydrogens is 400 g/mol. The Morgan fingerprint density at radius 2 is 2.19 bits per heavy atom. The fraction of sp³-hybridized carbons (Fsp3) is 0.500. The van der Waals surface area contributed by atoms with E-state index >= 15 is 0 Å². The van der Waals surface area contributed by atoms with Gasteiger partial charge in [0.05, 0.1) is 6.61 Å². The molecule has 11 heteroatoms. The normalized spacial score (nSPS) is 36.4. The van der Waals surface area contributed by atoms with E-state index in [1.54, 1.807) is 0 Å². The highest BCUT2D eigenvalue weighted by Crippen LogP contribution is 2.50. The lowest BCUT2D eigenvalue weighted by atomic mass is 10.1.